The monoisotopic (exact) mass is 1330 g/mol. The van der Waals surface area contributed by atoms with E-state index in [-0.39, 0.29) is 61.1 Å². The number of hydrogen-bond acceptors (Lipinski definition) is 16. The Morgan fingerprint density at radius 1 is 0.600 bits per heavy atom. The van der Waals surface area contributed by atoms with Gasteiger partial charge in [0.1, 0.15) is 29.5 Å². The van der Waals surface area contributed by atoms with E-state index in [2.05, 4.69) is 51.7 Å². The third-order valence-corrected chi connectivity index (χ3v) is 18.5. The molecule has 0 spiro atoms. The molecular formula is C69H121ClN4O14S2. The molecule has 0 saturated carbocycles. The molecule has 0 saturated heterocycles. The van der Waals surface area contributed by atoms with Gasteiger partial charge in [-0.2, -0.15) is 0 Å². The van der Waals surface area contributed by atoms with Crippen molar-refractivity contribution in [2.45, 2.75) is 242 Å². The Labute approximate surface area is 552 Å². The summed E-state index contributed by atoms with van der Waals surface area (Å²) in [6, 6.07) is 20.4. The van der Waals surface area contributed by atoms with Crippen molar-refractivity contribution in [3.8, 4) is 0 Å². The van der Waals surface area contributed by atoms with Crippen LogP contribution in [0.5, 0.6) is 0 Å². The Hall–Kier alpha value is -4.77. The summed E-state index contributed by atoms with van der Waals surface area (Å²) in [7, 11) is -3.59. The molecule has 0 aliphatic carbocycles. The summed E-state index contributed by atoms with van der Waals surface area (Å²) in [4.78, 5) is 56.1. The smallest absolute Gasteiger partial charge is 0.429 e. The lowest BCUT2D eigenvalue weighted by Crippen LogP contribution is -2.56. The minimum Gasteiger partial charge on any atom is -0.463 e. The lowest BCUT2D eigenvalue weighted by atomic mass is 9.94. The number of carbonyl (C=O) groups is 5. The lowest BCUT2D eigenvalue weighted by molar-refractivity contribution is -0.137. The number of esters is 1. The van der Waals surface area contributed by atoms with Crippen LogP contribution in [0.2, 0.25) is 4.34 Å². The van der Waals surface area contributed by atoms with Crippen LogP contribution in [0.25, 0.3) is 0 Å². The van der Waals surface area contributed by atoms with E-state index in [4.69, 9.17) is 41.8 Å². The fourth-order valence-electron chi connectivity index (χ4n) is 8.76. The summed E-state index contributed by atoms with van der Waals surface area (Å²) < 4.78 is 42.7. The highest BCUT2D eigenvalue weighted by Gasteiger charge is 2.32. The van der Waals surface area contributed by atoms with Gasteiger partial charge in [0.25, 0.3) is 0 Å². The van der Waals surface area contributed by atoms with Gasteiger partial charge in [-0.05, 0) is 79.0 Å². The minimum atomic E-state index is -3.59. The number of hydrogen-bond donors (Lipinski definition) is 7. The highest BCUT2D eigenvalue weighted by atomic mass is 35.5. The zero-order chi connectivity index (χ0) is 69.3. The molecule has 8 N–H and O–H groups in total. The number of carbonyl (C=O) groups excluding carboxylic acids is 5. The second kappa shape index (κ2) is 60.5. The normalized spacial score (nSPS) is 11.6. The van der Waals surface area contributed by atoms with Gasteiger partial charge in [-0.1, -0.05) is 239 Å². The van der Waals surface area contributed by atoms with Gasteiger partial charge >= 0.3 is 18.2 Å². The van der Waals surface area contributed by atoms with Gasteiger partial charge < -0.3 is 45.2 Å². The maximum absolute atomic E-state index is 12.8. The summed E-state index contributed by atoms with van der Waals surface area (Å²) in [6.45, 7) is 30.9. The summed E-state index contributed by atoms with van der Waals surface area (Å²) in [6.07, 6.45) is 15.9. The Morgan fingerprint density at radius 2 is 1.08 bits per heavy atom. The van der Waals surface area contributed by atoms with Crippen LogP contribution in [0.15, 0.2) is 88.7 Å². The summed E-state index contributed by atoms with van der Waals surface area (Å²) in [5.41, 5.74) is 10.8. The van der Waals surface area contributed by atoms with Gasteiger partial charge in [0.15, 0.2) is 0 Å². The van der Waals surface area contributed by atoms with Gasteiger partial charge in [-0.3, -0.25) is 4.79 Å². The highest BCUT2D eigenvalue weighted by Crippen LogP contribution is 2.27. The van der Waals surface area contributed by atoms with Gasteiger partial charge in [-0.15, -0.1) is 11.3 Å². The van der Waals surface area contributed by atoms with Crippen molar-refractivity contribution in [2.24, 2.45) is 35.3 Å². The van der Waals surface area contributed by atoms with E-state index in [1.807, 2.05) is 123 Å². The molecule has 0 aliphatic heterocycles. The van der Waals surface area contributed by atoms with Crippen LogP contribution in [0.1, 0.15) is 218 Å². The predicted molar refractivity (Wildman–Crippen MR) is 368 cm³/mol. The molecule has 0 aliphatic rings. The maximum Gasteiger partial charge on any atom is 0.429 e. The number of ketones is 1. The van der Waals surface area contributed by atoms with Gasteiger partial charge in [0.05, 0.1) is 36.8 Å². The minimum absolute atomic E-state index is 0.0139. The summed E-state index contributed by atoms with van der Waals surface area (Å²) in [5, 5.41) is 37.5. The SMILES string of the molecule is CCC(=O)CC.CCC(CC)CC=O.CCC(CC)CCO.CCC(CC)[C@@H](CO)N(NC(=O)OCc1ccccc1)C(=O)OCc1ccccc1.CCC(CC)[C@@H](CO)NS(=O)(=O)c1ccc(Cl)s1.CCC(CC)[C@H](N)CO.CCOC(=O)C=C(CC)CC. The topological polar surface area (TPSA) is 281 Å². The Kier molecular flexibility index (Phi) is 61.6. The van der Waals surface area contributed by atoms with Crippen molar-refractivity contribution >= 4 is 63.2 Å². The van der Waals surface area contributed by atoms with E-state index in [1.54, 1.807) is 12.1 Å². The molecule has 21 heteroatoms. The number of nitrogens with zero attached hydrogens (tertiary/aromatic N) is 1. The van der Waals surface area contributed by atoms with E-state index in [0.717, 1.165) is 122 Å². The molecule has 0 radical (unpaired) electrons. The molecule has 18 nitrogen and oxygen atoms in total. The maximum atomic E-state index is 12.8. The van der Waals surface area contributed by atoms with Gasteiger partial charge in [0.2, 0.25) is 10.0 Å². The standard InChI is InChI=1S/C23H30N2O5.C11H18ClNO3S2.C9H16O2.C7H17NO.C7H16O.C7H14O.C5H10O/c1-3-20(4-2)21(15-26)25(23(28)30-17-19-13-9-6-10-14-19)24-22(27)29-16-18-11-7-5-8-12-18;1-3-8(4-2)9(7-14)13-18(15,16)11-6-5-10(12)17-11;1-4-8(5-2)7-9(10)11-6-3;1-3-6(4-2)7(8)5-9;2*1-3-7(4-2)5-6-8;1-3-5(6)4-2/h5-14,20-21,26H,3-4,15-17H2,1-2H3,(H,24,27);5-6,8-9,13-14H,3-4,7H2,1-2H3;7H,4-6H2,1-3H3;6-7,9H,3-5,8H2,1-2H3;7-8H,3-6H2,1-2H3;6-7H,3-5H2,1-2H3;3-4H2,1-2H3/t21-;9-;;7-;;;/m11.1.../s1. The molecule has 0 unspecified atom stereocenters. The largest absolute Gasteiger partial charge is 0.463 e. The van der Waals surface area contributed by atoms with E-state index in [9.17, 15) is 42.6 Å². The van der Waals surface area contributed by atoms with Crippen LogP contribution in [-0.2, 0) is 51.8 Å². The average Bonchev–Trinajstić information content (AvgIpc) is 2.72. The van der Waals surface area contributed by atoms with Crippen LogP contribution in [-0.4, -0.2) is 115 Å². The number of aliphatic hydroxyl groups excluding tert-OH is 4. The number of benzene rings is 2. The first-order valence-electron chi connectivity index (χ1n) is 32.8. The average molecular weight is 1330 g/mol. The molecule has 3 atom stereocenters. The van der Waals surface area contributed by atoms with Crippen LogP contribution >= 0.6 is 22.9 Å². The first kappa shape index (κ1) is 91.6. The zero-order valence-corrected chi connectivity index (χ0v) is 59.9. The number of aliphatic hydroxyl groups is 4. The number of rotatable bonds is 34. The van der Waals surface area contributed by atoms with Crippen molar-refractivity contribution in [1.29, 1.82) is 0 Å². The first-order valence-corrected chi connectivity index (χ1v) is 35.5. The number of halogens is 1. The molecule has 3 aromatic rings. The fraction of sp³-hybridized carbons (Fsp3) is 0.667. The fourth-order valence-corrected chi connectivity index (χ4v) is 11.6. The highest BCUT2D eigenvalue weighted by molar-refractivity contribution is 7.91. The van der Waals surface area contributed by atoms with E-state index < -0.39 is 34.3 Å². The quantitative estimate of drug-likeness (QED) is 0.00962. The van der Waals surface area contributed by atoms with E-state index in [1.165, 1.54) is 18.9 Å². The third kappa shape index (κ3) is 44.7. The predicted octanol–water partition coefficient (Wildman–Crippen LogP) is 15.0. The second-order valence-corrected chi connectivity index (χ2v) is 24.8. The van der Waals surface area contributed by atoms with Crippen LogP contribution in [0, 0.1) is 29.6 Å². The van der Waals surface area contributed by atoms with E-state index in [0.29, 0.717) is 48.0 Å². The lowest BCUT2D eigenvalue weighted by Gasteiger charge is -2.34. The zero-order valence-electron chi connectivity index (χ0n) is 57.6. The second-order valence-electron chi connectivity index (χ2n) is 21.2. The number of allylic oxidation sites excluding steroid dienone is 1. The number of hydrazine groups is 1. The van der Waals surface area contributed by atoms with Crippen molar-refractivity contribution < 1.29 is 67.0 Å². The number of ether oxygens (including phenoxy) is 3. The molecule has 1 heterocycles. The van der Waals surface area contributed by atoms with Crippen LogP contribution in [0.4, 0.5) is 9.59 Å². The van der Waals surface area contributed by atoms with Crippen molar-refractivity contribution in [3.63, 3.8) is 0 Å². The number of thiophene rings is 1. The molecule has 2 amide bonds. The summed E-state index contributed by atoms with van der Waals surface area (Å²) in [5.74, 6) is 2.11. The van der Waals surface area contributed by atoms with Crippen LogP contribution < -0.4 is 15.9 Å². The molecule has 90 heavy (non-hydrogen) atoms. The number of aldehydes is 1. The first-order chi connectivity index (χ1) is 43.0. The van der Waals surface area contributed by atoms with Crippen LogP contribution in [0.3, 0.4) is 0 Å². The molecule has 1 aromatic heterocycles. The summed E-state index contributed by atoms with van der Waals surface area (Å²) >= 11 is 6.74. The molecule has 3 rings (SSSR count). The number of Topliss-reactive ketones (excluding diaryl/α,β-unsaturated/α-hetero) is 1. The number of nitrogens with one attached hydrogen (secondary N) is 2. The molecule has 0 bridgehead atoms. The Morgan fingerprint density at radius 3 is 1.39 bits per heavy atom. The number of sulfonamides is 1. The molecule has 0 fully saturated rings. The Balaban J connectivity index is -0.000000526. The van der Waals surface area contributed by atoms with Crippen molar-refractivity contribution in [3.05, 3.63) is 99.9 Å². The Bertz CT molecular complexity index is 2320. The molecule has 520 valence electrons. The molecular weight excluding hydrogens is 1210 g/mol. The molecule has 2 aromatic carbocycles. The van der Waals surface area contributed by atoms with E-state index >= 15 is 0 Å². The number of amides is 2. The van der Waals surface area contributed by atoms with Crippen molar-refractivity contribution in [1.82, 2.24) is 15.2 Å². The van der Waals surface area contributed by atoms with Crippen molar-refractivity contribution in [2.75, 3.05) is 33.0 Å². The number of nitrogens with two attached hydrogens (primary N) is 1. The van der Waals surface area contributed by atoms with Gasteiger partial charge in [0, 0.05) is 44.0 Å². The van der Waals surface area contributed by atoms with Gasteiger partial charge in [-0.25, -0.2) is 38.0 Å². The third-order valence-electron chi connectivity index (χ3n) is 15.3.